The van der Waals surface area contributed by atoms with Crippen LogP contribution in [-0.2, 0) is 6.54 Å². The van der Waals surface area contributed by atoms with Crippen LogP contribution in [0.3, 0.4) is 0 Å². The Bertz CT molecular complexity index is 392. The number of nitrogens with one attached hydrogen (secondary N) is 1. The highest BCUT2D eigenvalue weighted by Gasteiger charge is 2.22. The van der Waals surface area contributed by atoms with E-state index in [4.69, 9.17) is 0 Å². The third kappa shape index (κ3) is 3.24. The summed E-state index contributed by atoms with van der Waals surface area (Å²) in [6, 6.07) is 6.44. The second-order valence-electron chi connectivity index (χ2n) is 5.19. The lowest BCUT2D eigenvalue weighted by atomic mass is 10.1. The molecule has 1 saturated heterocycles. The van der Waals surface area contributed by atoms with Gasteiger partial charge in [-0.25, -0.2) is 0 Å². The van der Waals surface area contributed by atoms with Crippen molar-refractivity contribution in [3.63, 3.8) is 0 Å². The molecule has 1 atom stereocenters. The predicted molar refractivity (Wildman–Crippen MR) is 74.8 cm³/mol. The normalized spacial score (nSPS) is 20.4. The van der Waals surface area contributed by atoms with Gasteiger partial charge in [0.1, 0.15) is 5.75 Å². The molecule has 1 unspecified atom stereocenters. The summed E-state index contributed by atoms with van der Waals surface area (Å²) in [6.07, 6.45) is 2.61. The van der Waals surface area contributed by atoms with E-state index in [1.54, 1.807) is 6.07 Å². The third-order valence-electron chi connectivity index (χ3n) is 3.84. The highest BCUT2D eigenvalue weighted by atomic mass is 16.3. The summed E-state index contributed by atoms with van der Waals surface area (Å²) < 4.78 is 0. The zero-order chi connectivity index (χ0) is 13.0. The van der Waals surface area contributed by atoms with Crippen LogP contribution < -0.4 is 5.32 Å². The van der Waals surface area contributed by atoms with Crippen LogP contribution >= 0.6 is 0 Å². The Morgan fingerprint density at radius 1 is 1.44 bits per heavy atom. The Kier molecular flexibility index (Phi) is 4.61. The average molecular weight is 248 g/mol. The van der Waals surface area contributed by atoms with Crippen molar-refractivity contribution in [3.8, 4) is 5.75 Å². The molecule has 100 valence electrons. The van der Waals surface area contributed by atoms with Crippen molar-refractivity contribution in [2.75, 3.05) is 19.6 Å². The Balaban J connectivity index is 1.83. The summed E-state index contributed by atoms with van der Waals surface area (Å²) in [4.78, 5) is 2.53. The summed E-state index contributed by atoms with van der Waals surface area (Å²) in [7, 11) is 0. The number of aromatic hydroxyl groups is 1. The summed E-state index contributed by atoms with van der Waals surface area (Å²) in [5.74, 6) is 0.395. The molecule has 0 bridgehead atoms. The number of rotatable bonds is 5. The first-order valence-corrected chi connectivity index (χ1v) is 6.94. The van der Waals surface area contributed by atoms with Gasteiger partial charge in [-0.1, -0.05) is 24.6 Å². The number of nitrogens with zero attached hydrogens (tertiary/aromatic N) is 1. The molecule has 0 spiro atoms. The number of phenolic OH excluding ortho intramolecular Hbond substituents is 1. The van der Waals surface area contributed by atoms with Gasteiger partial charge in [0.05, 0.1) is 0 Å². The quantitative estimate of drug-likeness (QED) is 0.839. The van der Waals surface area contributed by atoms with E-state index in [-0.39, 0.29) is 0 Å². The van der Waals surface area contributed by atoms with Gasteiger partial charge in [-0.3, -0.25) is 4.90 Å². The highest BCUT2D eigenvalue weighted by Crippen LogP contribution is 2.19. The second-order valence-corrected chi connectivity index (χ2v) is 5.19. The van der Waals surface area contributed by atoms with Crippen molar-refractivity contribution in [2.24, 2.45) is 0 Å². The van der Waals surface area contributed by atoms with Gasteiger partial charge in [0.15, 0.2) is 0 Å². The number of likely N-dealkylation sites (tertiary alicyclic amines) is 1. The fourth-order valence-electron chi connectivity index (χ4n) is 2.77. The second kappa shape index (κ2) is 6.21. The molecule has 2 N–H and O–H groups in total. The van der Waals surface area contributed by atoms with Crippen LogP contribution in [0.2, 0.25) is 0 Å². The predicted octanol–water partition coefficient (Wildman–Crippen LogP) is 2.27. The summed E-state index contributed by atoms with van der Waals surface area (Å²) in [5.41, 5.74) is 2.19. The van der Waals surface area contributed by atoms with Gasteiger partial charge in [-0.2, -0.15) is 0 Å². The monoisotopic (exact) mass is 248 g/mol. The van der Waals surface area contributed by atoms with Gasteiger partial charge in [-0.05, 0) is 38.9 Å². The zero-order valence-electron chi connectivity index (χ0n) is 11.4. The Morgan fingerprint density at radius 2 is 2.28 bits per heavy atom. The smallest absolute Gasteiger partial charge is 0.120 e. The van der Waals surface area contributed by atoms with Gasteiger partial charge in [0.2, 0.25) is 0 Å². The molecule has 0 saturated carbocycles. The number of hydrogen-bond donors (Lipinski definition) is 2. The Hall–Kier alpha value is -1.06. The first-order valence-electron chi connectivity index (χ1n) is 6.94. The van der Waals surface area contributed by atoms with Crippen LogP contribution in [0.25, 0.3) is 0 Å². The van der Waals surface area contributed by atoms with E-state index in [1.165, 1.54) is 24.9 Å². The fourth-order valence-corrected chi connectivity index (χ4v) is 2.77. The molecule has 3 heteroatoms. The van der Waals surface area contributed by atoms with E-state index < -0.39 is 0 Å². The molecule has 1 aromatic rings. The summed E-state index contributed by atoms with van der Waals surface area (Å²) in [5, 5.41) is 13.2. The summed E-state index contributed by atoms with van der Waals surface area (Å²) in [6.45, 7) is 8.42. The maximum Gasteiger partial charge on any atom is 0.120 e. The topological polar surface area (TPSA) is 35.5 Å². The molecule has 1 aliphatic heterocycles. The van der Waals surface area contributed by atoms with Gasteiger partial charge in [0.25, 0.3) is 0 Å². The minimum Gasteiger partial charge on any atom is -0.508 e. The van der Waals surface area contributed by atoms with Gasteiger partial charge >= 0.3 is 0 Å². The lowest BCUT2D eigenvalue weighted by molar-refractivity contribution is 0.259. The Morgan fingerprint density at radius 3 is 3.06 bits per heavy atom. The van der Waals surface area contributed by atoms with Crippen LogP contribution in [-0.4, -0.2) is 35.7 Å². The molecule has 1 heterocycles. The van der Waals surface area contributed by atoms with Crippen LogP contribution in [0.5, 0.6) is 5.75 Å². The van der Waals surface area contributed by atoms with Crippen LogP contribution in [0, 0.1) is 6.92 Å². The molecule has 0 aromatic heterocycles. The fraction of sp³-hybridized carbons (Fsp3) is 0.600. The molecular formula is C15H24N2O. The largest absolute Gasteiger partial charge is 0.508 e. The number of aryl methyl sites for hydroxylation is 1. The van der Waals surface area contributed by atoms with Crippen molar-refractivity contribution in [3.05, 3.63) is 29.3 Å². The van der Waals surface area contributed by atoms with Gasteiger partial charge < -0.3 is 10.4 Å². The van der Waals surface area contributed by atoms with E-state index in [0.717, 1.165) is 25.2 Å². The molecule has 1 aromatic carbocycles. The zero-order valence-corrected chi connectivity index (χ0v) is 11.4. The summed E-state index contributed by atoms with van der Waals surface area (Å²) >= 11 is 0. The molecule has 0 amide bonds. The van der Waals surface area contributed by atoms with E-state index in [0.29, 0.717) is 11.8 Å². The minimum atomic E-state index is 0.395. The maximum atomic E-state index is 9.77. The molecule has 1 fully saturated rings. The van der Waals surface area contributed by atoms with Gasteiger partial charge in [0, 0.05) is 24.7 Å². The standard InChI is InChI=1S/C15H24N2O/c1-3-17-8-4-5-14(17)11-16-10-13-9-12(2)6-7-15(13)18/h6-7,9,14,16,18H,3-5,8,10-11H2,1-2H3. The highest BCUT2D eigenvalue weighted by molar-refractivity contribution is 5.35. The van der Waals surface area contributed by atoms with Crippen LogP contribution in [0.4, 0.5) is 0 Å². The molecule has 0 radical (unpaired) electrons. The Labute approximate surface area is 110 Å². The molecule has 0 aliphatic carbocycles. The van der Waals surface area contributed by atoms with Gasteiger partial charge in [-0.15, -0.1) is 0 Å². The van der Waals surface area contributed by atoms with E-state index in [9.17, 15) is 5.11 Å². The molecular weight excluding hydrogens is 224 g/mol. The molecule has 18 heavy (non-hydrogen) atoms. The number of likely N-dealkylation sites (N-methyl/N-ethyl adjacent to an activating group) is 1. The van der Waals surface area contributed by atoms with Crippen LogP contribution in [0.1, 0.15) is 30.9 Å². The number of hydrogen-bond acceptors (Lipinski definition) is 3. The first-order chi connectivity index (χ1) is 8.70. The third-order valence-corrected chi connectivity index (χ3v) is 3.84. The van der Waals surface area contributed by atoms with Crippen molar-refractivity contribution in [2.45, 2.75) is 39.3 Å². The number of benzene rings is 1. The minimum absolute atomic E-state index is 0.395. The van der Waals surface area contributed by atoms with Crippen molar-refractivity contribution >= 4 is 0 Å². The molecule has 3 nitrogen and oxygen atoms in total. The molecule has 2 rings (SSSR count). The lowest BCUT2D eigenvalue weighted by Gasteiger charge is -2.23. The SMILES string of the molecule is CCN1CCCC1CNCc1cc(C)ccc1O. The van der Waals surface area contributed by atoms with E-state index >= 15 is 0 Å². The van der Waals surface area contributed by atoms with E-state index in [2.05, 4.69) is 30.1 Å². The van der Waals surface area contributed by atoms with Crippen molar-refractivity contribution < 1.29 is 5.11 Å². The average Bonchev–Trinajstić information content (AvgIpc) is 2.81. The first kappa shape index (κ1) is 13.4. The van der Waals surface area contributed by atoms with Crippen molar-refractivity contribution in [1.29, 1.82) is 0 Å². The van der Waals surface area contributed by atoms with Crippen LogP contribution in [0.15, 0.2) is 18.2 Å². The number of phenols is 1. The lowest BCUT2D eigenvalue weighted by Crippen LogP contribution is -2.37. The molecule has 1 aliphatic rings. The maximum absolute atomic E-state index is 9.77. The van der Waals surface area contributed by atoms with Crippen molar-refractivity contribution in [1.82, 2.24) is 10.2 Å². The van der Waals surface area contributed by atoms with E-state index in [1.807, 2.05) is 6.07 Å².